The second-order valence-corrected chi connectivity index (χ2v) is 4.24. The Morgan fingerprint density at radius 2 is 2.41 bits per heavy atom. The van der Waals surface area contributed by atoms with Crippen LogP contribution in [0, 0.1) is 0 Å². The number of hydrogen-bond acceptors (Lipinski definition) is 4. The largest absolute Gasteiger partial charge is 0.497 e. The van der Waals surface area contributed by atoms with E-state index in [0.29, 0.717) is 6.61 Å². The lowest BCUT2D eigenvalue weighted by molar-refractivity contribution is -0.00177. The zero-order chi connectivity index (χ0) is 12.1. The van der Waals surface area contributed by atoms with Crippen LogP contribution in [0.3, 0.4) is 0 Å². The Morgan fingerprint density at radius 1 is 1.53 bits per heavy atom. The van der Waals surface area contributed by atoms with Gasteiger partial charge in [-0.25, -0.2) is 0 Å². The van der Waals surface area contributed by atoms with Crippen molar-refractivity contribution in [3.05, 3.63) is 29.8 Å². The topological polar surface area (TPSA) is 50.7 Å². The van der Waals surface area contributed by atoms with Gasteiger partial charge in [0.1, 0.15) is 11.9 Å². The Morgan fingerprint density at radius 3 is 3.12 bits per heavy atom. The van der Waals surface area contributed by atoms with E-state index < -0.39 is 6.10 Å². The van der Waals surface area contributed by atoms with Gasteiger partial charge in [-0.1, -0.05) is 12.1 Å². The monoisotopic (exact) mass is 237 g/mol. The highest BCUT2D eigenvalue weighted by atomic mass is 16.5. The molecule has 2 unspecified atom stereocenters. The molecule has 1 saturated heterocycles. The third kappa shape index (κ3) is 3.43. The Bertz CT molecular complexity index is 350. The summed E-state index contributed by atoms with van der Waals surface area (Å²) in [5.41, 5.74) is 0.829. The summed E-state index contributed by atoms with van der Waals surface area (Å²) in [6.45, 7) is 2.21. The van der Waals surface area contributed by atoms with E-state index in [1.807, 2.05) is 24.3 Å². The van der Waals surface area contributed by atoms with Crippen molar-refractivity contribution in [3.63, 3.8) is 0 Å². The van der Waals surface area contributed by atoms with Gasteiger partial charge in [-0.05, 0) is 30.7 Å². The number of nitrogens with one attached hydrogen (secondary N) is 1. The van der Waals surface area contributed by atoms with E-state index in [-0.39, 0.29) is 6.10 Å². The normalized spacial score (nSPS) is 21.4. The van der Waals surface area contributed by atoms with Crippen LogP contribution in [-0.2, 0) is 4.74 Å². The van der Waals surface area contributed by atoms with E-state index in [1.54, 1.807) is 7.11 Å². The zero-order valence-corrected chi connectivity index (χ0v) is 10.1. The highest BCUT2D eigenvalue weighted by Gasteiger charge is 2.17. The first-order valence-electron chi connectivity index (χ1n) is 5.94. The van der Waals surface area contributed by atoms with Crippen LogP contribution in [0.2, 0.25) is 0 Å². The SMILES string of the molecule is COc1cccc(C(O)COC2CCNC2)c1. The molecule has 2 N–H and O–H groups in total. The third-order valence-corrected chi connectivity index (χ3v) is 2.98. The van der Waals surface area contributed by atoms with Gasteiger partial charge in [0.15, 0.2) is 0 Å². The average Bonchev–Trinajstić information content (AvgIpc) is 2.89. The first-order chi connectivity index (χ1) is 8.29. The van der Waals surface area contributed by atoms with E-state index >= 15 is 0 Å². The molecule has 2 rings (SSSR count). The summed E-state index contributed by atoms with van der Waals surface area (Å²) in [6, 6.07) is 7.44. The molecule has 17 heavy (non-hydrogen) atoms. The number of aliphatic hydroxyl groups is 1. The molecule has 2 atom stereocenters. The molecular formula is C13H19NO3. The quantitative estimate of drug-likeness (QED) is 0.805. The molecule has 1 aliphatic rings. The molecule has 1 heterocycles. The highest BCUT2D eigenvalue weighted by Crippen LogP contribution is 2.20. The van der Waals surface area contributed by atoms with E-state index in [0.717, 1.165) is 30.8 Å². The summed E-state index contributed by atoms with van der Waals surface area (Å²) in [5, 5.41) is 13.2. The average molecular weight is 237 g/mol. The molecule has 0 radical (unpaired) electrons. The molecule has 1 fully saturated rings. The number of ether oxygens (including phenoxy) is 2. The molecule has 1 aromatic rings. The van der Waals surface area contributed by atoms with Crippen molar-refractivity contribution >= 4 is 0 Å². The van der Waals surface area contributed by atoms with Crippen molar-refractivity contribution < 1.29 is 14.6 Å². The molecule has 0 aliphatic carbocycles. The van der Waals surface area contributed by atoms with Gasteiger partial charge in [-0.2, -0.15) is 0 Å². The van der Waals surface area contributed by atoms with Gasteiger partial charge in [0.25, 0.3) is 0 Å². The van der Waals surface area contributed by atoms with E-state index in [4.69, 9.17) is 9.47 Å². The van der Waals surface area contributed by atoms with Crippen LogP contribution in [0.25, 0.3) is 0 Å². The maximum atomic E-state index is 10.00. The number of aliphatic hydroxyl groups excluding tert-OH is 1. The Kier molecular flexibility index (Phi) is 4.36. The van der Waals surface area contributed by atoms with Gasteiger partial charge in [-0.15, -0.1) is 0 Å². The predicted octanol–water partition coefficient (Wildman–Crippen LogP) is 1.11. The summed E-state index contributed by atoms with van der Waals surface area (Å²) >= 11 is 0. The Hall–Kier alpha value is -1.10. The van der Waals surface area contributed by atoms with Crippen molar-refractivity contribution in [2.45, 2.75) is 18.6 Å². The summed E-state index contributed by atoms with van der Waals surface area (Å²) in [4.78, 5) is 0. The minimum atomic E-state index is -0.592. The summed E-state index contributed by atoms with van der Waals surface area (Å²) in [5.74, 6) is 0.754. The maximum absolute atomic E-state index is 10.00. The van der Waals surface area contributed by atoms with E-state index in [1.165, 1.54) is 0 Å². The van der Waals surface area contributed by atoms with Crippen LogP contribution in [-0.4, -0.2) is 38.0 Å². The summed E-state index contributed by atoms with van der Waals surface area (Å²) in [7, 11) is 1.62. The van der Waals surface area contributed by atoms with Gasteiger partial charge in [0, 0.05) is 6.54 Å². The van der Waals surface area contributed by atoms with Crippen LogP contribution in [0.4, 0.5) is 0 Å². The number of hydrogen-bond donors (Lipinski definition) is 2. The van der Waals surface area contributed by atoms with Crippen LogP contribution >= 0.6 is 0 Å². The molecule has 0 saturated carbocycles. The molecule has 4 nitrogen and oxygen atoms in total. The van der Waals surface area contributed by atoms with Gasteiger partial charge in [0.2, 0.25) is 0 Å². The van der Waals surface area contributed by atoms with Crippen LogP contribution in [0.5, 0.6) is 5.75 Å². The molecule has 0 bridgehead atoms. The molecule has 0 spiro atoms. The minimum Gasteiger partial charge on any atom is -0.497 e. The lowest BCUT2D eigenvalue weighted by Crippen LogP contribution is -2.20. The zero-order valence-electron chi connectivity index (χ0n) is 10.1. The first-order valence-corrected chi connectivity index (χ1v) is 5.94. The molecule has 4 heteroatoms. The lowest BCUT2D eigenvalue weighted by Gasteiger charge is -2.15. The van der Waals surface area contributed by atoms with Gasteiger partial charge < -0.3 is 19.9 Å². The first kappa shape index (κ1) is 12.4. The van der Waals surface area contributed by atoms with E-state index in [2.05, 4.69) is 5.32 Å². The molecule has 1 aromatic carbocycles. The van der Waals surface area contributed by atoms with Crippen molar-refractivity contribution in [2.75, 3.05) is 26.8 Å². The summed E-state index contributed by atoms with van der Waals surface area (Å²) in [6.07, 6.45) is 0.658. The standard InChI is InChI=1S/C13H19NO3/c1-16-11-4-2-3-10(7-11)13(15)9-17-12-5-6-14-8-12/h2-4,7,12-15H,5-6,8-9H2,1H3. The van der Waals surface area contributed by atoms with Gasteiger partial charge in [-0.3, -0.25) is 0 Å². The number of benzene rings is 1. The van der Waals surface area contributed by atoms with Gasteiger partial charge >= 0.3 is 0 Å². The molecular weight excluding hydrogens is 218 g/mol. The number of methoxy groups -OCH3 is 1. The van der Waals surface area contributed by atoms with Crippen LogP contribution < -0.4 is 10.1 Å². The number of rotatable bonds is 5. The smallest absolute Gasteiger partial charge is 0.119 e. The van der Waals surface area contributed by atoms with Crippen molar-refractivity contribution in [1.82, 2.24) is 5.32 Å². The highest BCUT2D eigenvalue weighted by molar-refractivity contribution is 5.29. The second-order valence-electron chi connectivity index (χ2n) is 4.24. The fourth-order valence-corrected chi connectivity index (χ4v) is 1.94. The minimum absolute atomic E-state index is 0.232. The van der Waals surface area contributed by atoms with Gasteiger partial charge in [0.05, 0.1) is 19.8 Å². The van der Waals surface area contributed by atoms with Crippen molar-refractivity contribution in [3.8, 4) is 5.75 Å². The Labute approximate surface area is 102 Å². The van der Waals surface area contributed by atoms with Crippen molar-refractivity contribution in [2.24, 2.45) is 0 Å². The lowest BCUT2D eigenvalue weighted by atomic mass is 10.1. The second kappa shape index (κ2) is 6.00. The molecule has 0 amide bonds. The molecule has 1 aliphatic heterocycles. The van der Waals surface area contributed by atoms with E-state index in [9.17, 15) is 5.11 Å². The molecule has 94 valence electrons. The fourth-order valence-electron chi connectivity index (χ4n) is 1.94. The molecule has 0 aromatic heterocycles. The Balaban J connectivity index is 1.87. The summed E-state index contributed by atoms with van der Waals surface area (Å²) < 4.78 is 10.8. The fraction of sp³-hybridized carbons (Fsp3) is 0.538. The maximum Gasteiger partial charge on any atom is 0.119 e. The van der Waals surface area contributed by atoms with Crippen LogP contribution in [0.15, 0.2) is 24.3 Å². The van der Waals surface area contributed by atoms with Crippen LogP contribution in [0.1, 0.15) is 18.1 Å². The van der Waals surface area contributed by atoms with Crippen molar-refractivity contribution in [1.29, 1.82) is 0 Å². The predicted molar refractivity (Wildman–Crippen MR) is 65.2 cm³/mol. The third-order valence-electron chi connectivity index (χ3n) is 2.98.